The third-order valence-electron chi connectivity index (χ3n) is 2.25. The molecule has 16 heavy (non-hydrogen) atoms. The molecular formula is C12H28N2O2. The third kappa shape index (κ3) is 10.4. The summed E-state index contributed by atoms with van der Waals surface area (Å²) < 4.78 is 10.9. The topological polar surface area (TPSA) is 47.7 Å². The molecule has 0 rings (SSSR count). The Balaban J connectivity index is 3.45. The van der Waals surface area contributed by atoms with E-state index in [-0.39, 0.29) is 0 Å². The van der Waals surface area contributed by atoms with Gasteiger partial charge in [-0.25, -0.2) is 0 Å². The number of hydrogen-bond acceptors (Lipinski definition) is 4. The van der Waals surface area contributed by atoms with Crippen molar-refractivity contribution < 1.29 is 9.47 Å². The summed E-state index contributed by atoms with van der Waals surface area (Å²) in [5.74, 6) is 0. The molecule has 0 atom stereocenters. The van der Waals surface area contributed by atoms with Gasteiger partial charge in [-0.15, -0.1) is 0 Å². The van der Waals surface area contributed by atoms with Crippen molar-refractivity contribution in [3.8, 4) is 0 Å². The van der Waals surface area contributed by atoms with Gasteiger partial charge in [0.15, 0.2) is 0 Å². The second-order valence-corrected chi connectivity index (χ2v) is 3.86. The average molecular weight is 232 g/mol. The predicted molar refractivity (Wildman–Crippen MR) is 67.7 cm³/mol. The Labute approximate surface area is 100 Å². The minimum absolute atomic E-state index is 0.696. The van der Waals surface area contributed by atoms with Crippen LogP contribution in [0.4, 0.5) is 0 Å². The summed E-state index contributed by atoms with van der Waals surface area (Å²) in [6.07, 6.45) is 2.16. The van der Waals surface area contributed by atoms with E-state index in [0.29, 0.717) is 6.54 Å². The number of nitrogens with two attached hydrogens (primary N) is 1. The van der Waals surface area contributed by atoms with Crippen LogP contribution in [-0.2, 0) is 9.47 Å². The predicted octanol–water partition coefficient (Wildman–Crippen LogP) is 1.10. The van der Waals surface area contributed by atoms with E-state index in [0.717, 1.165) is 58.9 Å². The lowest BCUT2D eigenvalue weighted by molar-refractivity contribution is 0.0761. The van der Waals surface area contributed by atoms with E-state index in [4.69, 9.17) is 15.2 Å². The SMILES string of the molecule is CCCOCCN(CCN)CCOCCC. The molecule has 0 saturated heterocycles. The van der Waals surface area contributed by atoms with Gasteiger partial charge in [0.2, 0.25) is 0 Å². The van der Waals surface area contributed by atoms with E-state index in [2.05, 4.69) is 18.7 Å². The van der Waals surface area contributed by atoms with Crippen LogP contribution in [-0.4, -0.2) is 57.5 Å². The molecule has 0 spiro atoms. The zero-order chi connectivity index (χ0) is 12.1. The Kier molecular flexibility index (Phi) is 12.8. The Bertz CT molecular complexity index is 122. The normalized spacial score (nSPS) is 11.2. The lowest BCUT2D eigenvalue weighted by Gasteiger charge is -2.21. The number of hydrogen-bond donors (Lipinski definition) is 1. The maximum absolute atomic E-state index is 5.57. The molecule has 0 unspecified atom stereocenters. The van der Waals surface area contributed by atoms with Crippen molar-refractivity contribution in [3.63, 3.8) is 0 Å². The molecule has 0 aromatic carbocycles. The molecule has 4 nitrogen and oxygen atoms in total. The highest BCUT2D eigenvalue weighted by molar-refractivity contribution is 4.57. The van der Waals surface area contributed by atoms with Gasteiger partial charge in [0.25, 0.3) is 0 Å². The van der Waals surface area contributed by atoms with Crippen molar-refractivity contribution in [2.45, 2.75) is 26.7 Å². The van der Waals surface area contributed by atoms with Gasteiger partial charge in [-0.1, -0.05) is 13.8 Å². The Morgan fingerprint density at radius 1 is 0.812 bits per heavy atom. The first kappa shape index (κ1) is 15.8. The minimum atomic E-state index is 0.696. The first-order valence-corrected chi connectivity index (χ1v) is 6.43. The van der Waals surface area contributed by atoms with E-state index in [1.807, 2.05) is 0 Å². The fraction of sp³-hybridized carbons (Fsp3) is 1.00. The van der Waals surface area contributed by atoms with E-state index in [9.17, 15) is 0 Å². The van der Waals surface area contributed by atoms with E-state index >= 15 is 0 Å². The average Bonchev–Trinajstić information content (AvgIpc) is 2.30. The van der Waals surface area contributed by atoms with Gasteiger partial charge in [0, 0.05) is 39.4 Å². The standard InChI is InChI=1S/C12H28N2O2/c1-3-9-15-11-7-14(6-5-13)8-12-16-10-4-2/h3-13H2,1-2H3. The van der Waals surface area contributed by atoms with Gasteiger partial charge in [-0.2, -0.15) is 0 Å². The van der Waals surface area contributed by atoms with E-state index < -0.39 is 0 Å². The fourth-order valence-electron chi connectivity index (χ4n) is 1.40. The van der Waals surface area contributed by atoms with Crippen LogP contribution in [0.15, 0.2) is 0 Å². The summed E-state index contributed by atoms with van der Waals surface area (Å²) in [5, 5.41) is 0. The monoisotopic (exact) mass is 232 g/mol. The summed E-state index contributed by atoms with van der Waals surface area (Å²) in [7, 11) is 0. The van der Waals surface area contributed by atoms with Crippen molar-refractivity contribution in [3.05, 3.63) is 0 Å². The molecule has 0 heterocycles. The van der Waals surface area contributed by atoms with Gasteiger partial charge >= 0.3 is 0 Å². The van der Waals surface area contributed by atoms with Crippen molar-refractivity contribution in [2.75, 3.05) is 52.6 Å². The van der Waals surface area contributed by atoms with Crippen LogP contribution in [0.3, 0.4) is 0 Å². The van der Waals surface area contributed by atoms with Crippen LogP contribution in [0.5, 0.6) is 0 Å². The van der Waals surface area contributed by atoms with Crippen LogP contribution in [0.1, 0.15) is 26.7 Å². The Hall–Kier alpha value is -0.160. The smallest absolute Gasteiger partial charge is 0.0593 e. The molecule has 0 fully saturated rings. The second-order valence-electron chi connectivity index (χ2n) is 3.86. The van der Waals surface area contributed by atoms with Gasteiger partial charge < -0.3 is 15.2 Å². The first-order valence-electron chi connectivity index (χ1n) is 6.43. The number of rotatable bonds is 12. The van der Waals surface area contributed by atoms with Gasteiger partial charge in [0.1, 0.15) is 0 Å². The third-order valence-corrected chi connectivity index (χ3v) is 2.25. The Morgan fingerprint density at radius 2 is 1.31 bits per heavy atom. The van der Waals surface area contributed by atoms with Gasteiger partial charge in [-0.05, 0) is 12.8 Å². The van der Waals surface area contributed by atoms with Gasteiger partial charge in [-0.3, -0.25) is 4.90 Å². The molecule has 4 heteroatoms. The Morgan fingerprint density at radius 3 is 1.69 bits per heavy atom. The molecule has 0 radical (unpaired) electrons. The maximum atomic E-state index is 5.57. The molecule has 0 aromatic rings. The van der Waals surface area contributed by atoms with Crippen LogP contribution < -0.4 is 5.73 Å². The summed E-state index contributed by atoms with van der Waals surface area (Å²) in [4.78, 5) is 2.30. The minimum Gasteiger partial charge on any atom is -0.380 e. The molecule has 0 bridgehead atoms. The number of nitrogens with zero attached hydrogens (tertiary/aromatic N) is 1. The molecule has 2 N–H and O–H groups in total. The highest BCUT2D eigenvalue weighted by atomic mass is 16.5. The molecular weight excluding hydrogens is 204 g/mol. The lowest BCUT2D eigenvalue weighted by Crippen LogP contribution is -2.35. The second kappa shape index (κ2) is 12.9. The number of ether oxygens (including phenoxy) is 2. The summed E-state index contributed by atoms with van der Waals surface area (Å²) in [5.41, 5.74) is 5.57. The fourth-order valence-corrected chi connectivity index (χ4v) is 1.40. The molecule has 0 amide bonds. The molecule has 0 aliphatic heterocycles. The van der Waals surface area contributed by atoms with Crippen molar-refractivity contribution in [1.82, 2.24) is 4.90 Å². The molecule has 98 valence electrons. The molecule has 0 aliphatic rings. The van der Waals surface area contributed by atoms with Gasteiger partial charge in [0.05, 0.1) is 13.2 Å². The van der Waals surface area contributed by atoms with Crippen molar-refractivity contribution >= 4 is 0 Å². The van der Waals surface area contributed by atoms with Crippen LogP contribution >= 0.6 is 0 Å². The van der Waals surface area contributed by atoms with Crippen molar-refractivity contribution in [2.24, 2.45) is 5.73 Å². The molecule has 0 aromatic heterocycles. The van der Waals surface area contributed by atoms with Crippen LogP contribution in [0.2, 0.25) is 0 Å². The van der Waals surface area contributed by atoms with E-state index in [1.54, 1.807) is 0 Å². The summed E-state index contributed by atoms with van der Waals surface area (Å²) in [6, 6.07) is 0. The molecule has 0 aliphatic carbocycles. The zero-order valence-corrected chi connectivity index (χ0v) is 10.9. The highest BCUT2D eigenvalue weighted by Gasteiger charge is 2.03. The van der Waals surface area contributed by atoms with Crippen molar-refractivity contribution in [1.29, 1.82) is 0 Å². The van der Waals surface area contributed by atoms with E-state index in [1.165, 1.54) is 0 Å². The maximum Gasteiger partial charge on any atom is 0.0593 e. The zero-order valence-electron chi connectivity index (χ0n) is 10.9. The summed E-state index contributed by atoms with van der Waals surface area (Å²) in [6.45, 7) is 11.0. The molecule has 0 saturated carbocycles. The van der Waals surface area contributed by atoms with Crippen LogP contribution in [0.25, 0.3) is 0 Å². The largest absolute Gasteiger partial charge is 0.380 e. The lowest BCUT2D eigenvalue weighted by atomic mass is 10.4. The van der Waals surface area contributed by atoms with Crippen LogP contribution in [0, 0.1) is 0 Å². The first-order chi connectivity index (χ1) is 7.85. The quantitative estimate of drug-likeness (QED) is 0.512. The highest BCUT2D eigenvalue weighted by Crippen LogP contribution is 1.90. The summed E-state index contributed by atoms with van der Waals surface area (Å²) >= 11 is 0.